The van der Waals surface area contributed by atoms with Crippen molar-refractivity contribution < 1.29 is 0 Å². The number of rotatable bonds is 3. The molecule has 3 aromatic rings. The van der Waals surface area contributed by atoms with Crippen LogP contribution in [0.1, 0.15) is 5.69 Å². The van der Waals surface area contributed by atoms with E-state index in [4.69, 9.17) is 0 Å². The average molecular weight is 247 g/mol. The van der Waals surface area contributed by atoms with E-state index in [1.54, 1.807) is 11.3 Å². The Hall–Kier alpha value is -1.46. The Bertz CT molecular complexity index is 586. The van der Waals surface area contributed by atoms with Gasteiger partial charge in [-0.1, -0.05) is 4.49 Å². The smallest absolute Gasteiger partial charge is 0.0946 e. The Morgan fingerprint density at radius 3 is 3.12 bits per heavy atom. The summed E-state index contributed by atoms with van der Waals surface area (Å²) in [5.41, 5.74) is 2.11. The topological polar surface area (TPSA) is 37.8 Å². The number of aromatic nitrogens is 2. The number of hydrogen-bond acceptors (Lipinski definition) is 5. The van der Waals surface area contributed by atoms with Gasteiger partial charge in [0.15, 0.2) is 0 Å². The summed E-state index contributed by atoms with van der Waals surface area (Å²) in [6, 6.07) is 8.53. The summed E-state index contributed by atoms with van der Waals surface area (Å²) in [4.78, 5) is 0. The first-order valence-corrected chi connectivity index (χ1v) is 6.60. The van der Waals surface area contributed by atoms with Crippen molar-refractivity contribution in [2.24, 2.45) is 0 Å². The lowest BCUT2D eigenvalue weighted by Crippen LogP contribution is -1.99. The number of fused-ring (bicyclic) bond motifs is 1. The first-order chi connectivity index (χ1) is 7.92. The number of hydrogen-bond donors (Lipinski definition) is 1. The maximum Gasteiger partial charge on any atom is 0.0946 e. The highest BCUT2D eigenvalue weighted by atomic mass is 32.1. The van der Waals surface area contributed by atoms with Crippen LogP contribution in [0.2, 0.25) is 0 Å². The largest absolute Gasteiger partial charge is 0.379 e. The molecule has 16 heavy (non-hydrogen) atoms. The highest BCUT2D eigenvalue weighted by Crippen LogP contribution is 2.24. The molecule has 0 atom stereocenters. The molecule has 0 bridgehead atoms. The van der Waals surface area contributed by atoms with Crippen molar-refractivity contribution in [3.8, 4) is 0 Å². The number of anilines is 1. The van der Waals surface area contributed by atoms with E-state index >= 15 is 0 Å². The number of nitrogens with one attached hydrogen (secondary N) is 1. The SMILES string of the molecule is c1cc2cc(NCc3csnn3)ccc2s1. The molecule has 0 fully saturated rings. The third kappa shape index (κ3) is 1.91. The monoisotopic (exact) mass is 247 g/mol. The lowest BCUT2D eigenvalue weighted by molar-refractivity contribution is 0.999. The van der Waals surface area contributed by atoms with Gasteiger partial charge in [-0.25, -0.2) is 0 Å². The van der Waals surface area contributed by atoms with Crippen LogP contribution >= 0.6 is 22.9 Å². The minimum absolute atomic E-state index is 0.728. The highest BCUT2D eigenvalue weighted by molar-refractivity contribution is 7.17. The molecular formula is C11H9N3S2. The van der Waals surface area contributed by atoms with Gasteiger partial charge >= 0.3 is 0 Å². The number of benzene rings is 1. The van der Waals surface area contributed by atoms with Gasteiger partial charge in [0.05, 0.1) is 12.2 Å². The molecule has 2 heterocycles. The molecular weight excluding hydrogens is 238 g/mol. The summed E-state index contributed by atoms with van der Waals surface area (Å²) in [6.07, 6.45) is 0. The van der Waals surface area contributed by atoms with E-state index in [0.29, 0.717) is 0 Å². The fourth-order valence-corrected chi connectivity index (χ4v) is 2.75. The van der Waals surface area contributed by atoms with Crippen LogP contribution < -0.4 is 5.32 Å². The maximum absolute atomic E-state index is 3.99. The van der Waals surface area contributed by atoms with E-state index in [9.17, 15) is 0 Å². The second kappa shape index (κ2) is 4.19. The summed E-state index contributed by atoms with van der Waals surface area (Å²) >= 11 is 3.14. The molecule has 0 aliphatic rings. The van der Waals surface area contributed by atoms with Gasteiger partial charge in [-0.05, 0) is 46.6 Å². The van der Waals surface area contributed by atoms with Crippen molar-refractivity contribution in [3.05, 3.63) is 40.7 Å². The van der Waals surface area contributed by atoms with E-state index < -0.39 is 0 Å². The molecule has 0 saturated heterocycles. The predicted molar refractivity (Wildman–Crippen MR) is 69.1 cm³/mol. The van der Waals surface area contributed by atoms with Crippen molar-refractivity contribution in [2.75, 3.05) is 5.32 Å². The van der Waals surface area contributed by atoms with E-state index in [1.165, 1.54) is 21.6 Å². The fraction of sp³-hybridized carbons (Fsp3) is 0.0909. The number of thiophene rings is 1. The zero-order valence-electron chi connectivity index (χ0n) is 8.38. The molecule has 0 aliphatic heterocycles. The van der Waals surface area contributed by atoms with Gasteiger partial charge in [-0.3, -0.25) is 0 Å². The molecule has 2 aromatic heterocycles. The Morgan fingerprint density at radius 2 is 2.25 bits per heavy atom. The molecule has 0 amide bonds. The fourth-order valence-electron chi connectivity index (χ4n) is 1.53. The molecule has 80 valence electrons. The van der Waals surface area contributed by atoms with Crippen LogP contribution in [-0.4, -0.2) is 9.59 Å². The molecule has 0 radical (unpaired) electrons. The number of nitrogens with zero attached hydrogens (tertiary/aromatic N) is 2. The van der Waals surface area contributed by atoms with Crippen LogP contribution in [-0.2, 0) is 6.54 Å². The molecule has 5 heteroatoms. The molecule has 3 rings (SSSR count). The first kappa shape index (κ1) is 9.74. The lowest BCUT2D eigenvalue weighted by atomic mass is 10.2. The van der Waals surface area contributed by atoms with Crippen LogP contribution in [0.3, 0.4) is 0 Å². The van der Waals surface area contributed by atoms with Crippen molar-refractivity contribution in [3.63, 3.8) is 0 Å². The summed E-state index contributed by atoms with van der Waals surface area (Å²) < 4.78 is 5.15. The summed E-state index contributed by atoms with van der Waals surface area (Å²) in [5.74, 6) is 0. The van der Waals surface area contributed by atoms with Crippen LogP contribution in [0.5, 0.6) is 0 Å². The van der Waals surface area contributed by atoms with Gasteiger partial charge in [0, 0.05) is 15.8 Å². The molecule has 0 aliphatic carbocycles. The molecule has 1 N–H and O–H groups in total. The van der Waals surface area contributed by atoms with Crippen LogP contribution in [0, 0.1) is 0 Å². The minimum atomic E-state index is 0.728. The Labute approximate surface area is 101 Å². The Morgan fingerprint density at radius 1 is 1.25 bits per heavy atom. The first-order valence-electron chi connectivity index (χ1n) is 4.89. The standard InChI is InChI=1S/C11H9N3S2/c1-2-11-8(3-4-15-11)5-9(1)12-6-10-7-16-14-13-10/h1-5,7,12H,6H2. The molecule has 0 unspecified atom stereocenters. The van der Waals surface area contributed by atoms with Gasteiger partial charge in [-0.2, -0.15) is 0 Å². The Balaban J connectivity index is 1.78. The highest BCUT2D eigenvalue weighted by Gasteiger charge is 1.99. The zero-order valence-corrected chi connectivity index (χ0v) is 10.0. The maximum atomic E-state index is 3.99. The van der Waals surface area contributed by atoms with Gasteiger partial charge in [0.2, 0.25) is 0 Å². The van der Waals surface area contributed by atoms with Crippen molar-refractivity contribution >= 4 is 38.6 Å². The van der Waals surface area contributed by atoms with Gasteiger partial charge in [0.25, 0.3) is 0 Å². The van der Waals surface area contributed by atoms with Crippen molar-refractivity contribution in [1.82, 2.24) is 9.59 Å². The van der Waals surface area contributed by atoms with Crippen LogP contribution in [0.4, 0.5) is 5.69 Å². The minimum Gasteiger partial charge on any atom is -0.379 e. The van der Waals surface area contributed by atoms with E-state index in [-0.39, 0.29) is 0 Å². The molecule has 0 spiro atoms. The molecule has 0 saturated carbocycles. The zero-order chi connectivity index (χ0) is 10.8. The van der Waals surface area contributed by atoms with Crippen molar-refractivity contribution in [2.45, 2.75) is 6.54 Å². The second-order valence-corrected chi connectivity index (χ2v) is 4.98. The summed E-state index contributed by atoms with van der Waals surface area (Å²) in [7, 11) is 0. The molecule has 3 nitrogen and oxygen atoms in total. The second-order valence-electron chi connectivity index (χ2n) is 3.42. The van der Waals surface area contributed by atoms with E-state index in [1.807, 2.05) is 5.38 Å². The summed E-state index contributed by atoms with van der Waals surface area (Å²) in [5, 5.41) is 12.7. The Kier molecular flexibility index (Phi) is 2.55. The molecule has 1 aromatic carbocycles. The third-order valence-electron chi connectivity index (χ3n) is 2.33. The third-order valence-corrected chi connectivity index (χ3v) is 3.78. The predicted octanol–water partition coefficient (Wildman–Crippen LogP) is 3.36. The lowest BCUT2D eigenvalue weighted by Gasteiger charge is -2.03. The van der Waals surface area contributed by atoms with Gasteiger partial charge in [-0.15, -0.1) is 16.4 Å². The van der Waals surface area contributed by atoms with Gasteiger partial charge < -0.3 is 5.32 Å². The average Bonchev–Trinajstić information content (AvgIpc) is 2.97. The van der Waals surface area contributed by atoms with Crippen LogP contribution in [0.25, 0.3) is 10.1 Å². The van der Waals surface area contributed by atoms with E-state index in [2.05, 4.69) is 44.5 Å². The van der Waals surface area contributed by atoms with E-state index in [0.717, 1.165) is 17.9 Å². The van der Waals surface area contributed by atoms with Crippen molar-refractivity contribution in [1.29, 1.82) is 0 Å². The quantitative estimate of drug-likeness (QED) is 0.771. The van der Waals surface area contributed by atoms with Crippen LogP contribution in [0.15, 0.2) is 35.0 Å². The van der Waals surface area contributed by atoms with Gasteiger partial charge in [0.1, 0.15) is 0 Å². The normalized spacial score (nSPS) is 10.8. The summed E-state index contributed by atoms with van der Waals surface area (Å²) in [6.45, 7) is 0.728.